The van der Waals surface area contributed by atoms with E-state index in [2.05, 4.69) is 16.8 Å². The van der Waals surface area contributed by atoms with Crippen LogP contribution >= 0.6 is 11.3 Å². The molecule has 3 aromatic rings. The molecule has 6 nitrogen and oxygen atoms in total. The highest BCUT2D eigenvalue weighted by molar-refractivity contribution is 7.10. The van der Waals surface area contributed by atoms with Gasteiger partial charge in [-0.1, -0.05) is 13.0 Å². The van der Waals surface area contributed by atoms with Crippen LogP contribution in [0.3, 0.4) is 0 Å². The Hall–Kier alpha value is -3.45. The Kier molecular flexibility index (Phi) is 5.96. The maximum atomic E-state index is 13.3. The largest absolute Gasteiger partial charge is 0.334 e. The van der Waals surface area contributed by atoms with E-state index in [0.29, 0.717) is 42.9 Å². The molecule has 1 aromatic heterocycles. The first-order valence-electron chi connectivity index (χ1n) is 11.6. The van der Waals surface area contributed by atoms with Gasteiger partial charge in [0.25, 0.3) is 11.8 Å². The van der Waals surface area contributed by atoms with Crippen LogP contribution < -0.4 is 10.2 Å². The fourth-order valence-electron chi connectivity index (χ4n) is 4.78. The Morgan fingerprint density at radius 3 is 2.71 bits per heavy atom. The Morgan fingerprint density at radius 2 is 1.88 bits per heavy atom. The van der Waals surface area contributed by atoms with Gasteiger partial charge < -0.3 is 15.1 Å². The lowest BCUT2D eigenvalue weighted by Crippen LogP contribution is -2.35. The molecule has 2 aliphatic heterocycles. The molecule has 0 fully saturated rings. The van der Waals surface area contributed by atoms with Crippen molar-refractivity contribution in [1.29, 1.82) is 0 Å². The SMILES string of the molecule is CCC(=O)N1CCc2cc(C(=O)Nc3cccc(C(=O)N4CCc5sccc5C4)c3C)ccc21. The van der Waals surface area contributed by atoms with E-state index in [9.17, 15) is 14.4 Å². The van der Waals surface area contributed by atoms with Crippen molar-refractivity contribution in [2.75, 3.05) is 23.3 Å². The fourth-order valence-corrected chi connectivity index (χ4v) is 5.67. The summed E-state index contributed by atoms with van der Waals surface area (Å²) in [5.74, 6) is -0.141. The minimum Gasteiger partial charge on any atom is -0.334 e. The van der Waals surface area contributed by atoms with E-state index in [4.69, 9.17) is 0 Å². The number of thiophene rings is 1. The molecule has 0 atom stereocenters. The van der Waals surface area contributed by atoms with Gasteiger partial charge in [-0.15, -0.1) is 11.3 Å². The Balaban J connectivity index is 1.33. The van der Waals surface area contributed by atoms with Gasteiger partial charge in [0.15, 0.2) is 0 Å². The third kappa shape index (κ3) is 4.01. The highest BCUT2D eigenvalue weighted by atomic mass is 32.1. The number of fused-ring (bicyclic) bond motifs is 2. The lowest BCUT2D eigenvalue weighted by Gasteiger charge is -2.28. The zero-order valence-electron chi connectivity index (χ0n) is 19.4. The second-order valence-electron chi connectivity index (χ2n) is 8.77. The second-order valence-corrected chi connectivity index (χ2v) is 9.77. The molecular formula is C27H27N3O3S. The summed E-state index contributed by atoms with van der Waals surface area (Å²) in [6, 6.07) is 13.0. The van der Waals surface area contributed by atoms with E-state index in [1.807, 2.05) is 49.1 Å². The summed E-state index contributed by atoms with van der Waals surface area (Å²) in [5, 5.41) is 5.07. The molecule has 2 aromatic carbocycles. The third-order valence-corrected chi connectivity index (χ3v) is 7.77. The van der Waals surface area contributed by atoms with Crippen LogP contribution in [0.15, 0.2) is 47.8 Å². The van der Waals surface area contributed by atoms with Crippen molar-refractivity contribution < 1.29 is 14.4 Å². The van der Waals surface area contributed by atoms with Gasteiger partial charge in [-0.25, -0.2) is 0 Å². The highest BCUT2D eigenvalue weighted by Gasteiger charge is 2.26. The number of hydrogen-bond donors (Lipinski definition) is 1. The van der Waals surface area contributed by atoms with Crippen molar-refractivity contribution in [3.05, 3.63) is 80.5 Å². The number of rotatable bonds is 4. The maximum absolute atomic E-state index is 13.3. The van der Waals surface area contributed by atoms with Crippen LogP contribution in [0.2, 0.25) is 0 Å². The molecule has 34 heavy (non-hydrogen) atoms. The van der Waals surface area contributed by atoms with Gasteiger partial charge >= 0.3 is 0 Å². The number of amides is 3. The zero-order valence-corrected chi connectivity index (χ0v) is 20.2. The van der Waals surface area contributed by atoms with Crippen molar-refractivity contribution in [2.24, 2.45) is 0 Å². The first-order valence-corrected chi connectivity index (χ1v) is 12.5. The summed E-state index contributed by atoms with van der Waals surface area (Å²) in [6.07, 6.45) is 2.09. The van der Waals surface area contributed by atoms with Gasteiger partial charge in [-0.2, -0.15) is 0 Å². The van der Waals surface area contributed by atoms with Gasteiger partial charge in [0.05, 0.1) is 0 Å². The van der Waals surface area contributed by atoms with E-state index in [0.717, 1.165) is 29.7 Å². The van der Waals surface area contributed by atoms with Crippen LogP contribution in [-0.2, 0) is 24.2 Å². The van der Waals surface area contributed by atoms with Crippen molar-refractivity contribution in [3.8, 4) is 0 Å². The average Bonchev–Trinajstić information content (AvgIpc) is 3.50. The summed E-state index contributed by atoms with van der Waals surface area (Å²) in [7, 11) is 0. The predicted molar refractivity (Wildman–Crippen MR) is 135 cm³/mol. The summed E-state index contributed by atoms with van der Waals surface area (Å²) in [6.45, 7) is 5.71. The number of carbonyl (C=O) groups excluding carboxylic acids is 3. The summed E-state index contributed by atoms with van der Waals surface area (Å²) in [5.41, 5.74) is 5.67. The van der Waals surface area contributed by atoms with Crippen molar-refractivity contribution in [3.63, 3.8) is 0 Å². The molecule has 0 aliphatic carbocycles. The normalized spacial score (nSPS) is 14.5. The quantitative estimate of drug-likeness (QED) is 0.591. The van der Waals surface area contributed by atoms with Gasteiger partial charge in [0.1, 0.15) is 0 Å². The number of nitrogens with one attached hydrogen (secondary N) is 1. The standard InChI is InChI=1S/C27H27N3O3S/c1-3-25(31)30-13-9-18-15-19(7-8-23(18)30)26(32)28-22-6-4-5-21(17(22)2)27(33)29-12-10-24-20(16-29)11-14-34-24/h4-8,11,14-15H,3,9-10,12-13,16H2,1-2H3,(H,28,32). The first-order chi connectivity index (χ1) is 16.5. The van der Waals surface area contributed by atoms with Crippen molar-refractivity contribution >= 4 is 40.4 Å². The van der Waals surface area contributed by atoms with Crippen LogP contribution in [0.5, 0.6) is 0 Å². The minimum absolute atomic E-state index is 0.0105. The van der Waals surface area contributed by atoms with E-state index in [-0.39, 0.29) is 17.7 Å². The van der Waals surface area contributed by atoms with E-state index in [1.165, 1.54) is 10.4 Å². The molecule has 174 valence electrons. The summed E-state index contributed by atoms with van der Waals surface area (Å²) >= 11 is 1.75. The number of nitrogens with zero attached hydrogens (tertiary/aromatic N) is 2. The van der Waals surface area contributed by atoms with Crippen LogP contribution in [0.25, 0.3) is 0 Å². The molecule has 0 saturated carbocycles. The monoisotopic (exact) mass is 473 g/mol. The molecule has 5 rings (SSSR count). The molecule has 0 bridgehead atoms. The lowest BCUT2D eigenvalue weighted by molar-refractivity contribution is -0.118. The molecule has 2 aliphatic rings. The van der Waals surface area contributed by atoms with Crippen LogP contribution in [0.4, 0.5) is 11.4 Å². The molecule has 3 heterocycles. The fraction of sp³-hybridized carbons (Fsp3) is 0.296. The Labute approximate surface area is 203 Å². The highest BCUT2D eigenvalue weighted by Crippen LogP contribution is 2.30. The number of hydrogen-bond acceptors (Lipinski definition) is 4. The summed E-state index contributed by atoms with van der Waals surface area (Å²) < 4.78 is 0. The van der Waals surface area contributed by atoms with Gasteiger partial charge in [-0.3, -0.25) is 14.4 Å². The zero-order chi connectivity index (χ0) is 23.8. The van der Waals surface area contributed by atoms with Crippen molar-refractivity contribution in [2.45, 2.75) is 39.7 Å². The molecule has 0 saturated heterocycles. The number of benzene rings is 2. The second kappa shape index (κ2) is 9.06. The maximum Gasteiger partial charge on any atom is 0.255 e. The molecular weight excluding hydrogens is 446 g/mol. The minimum atomic E-state index is -0.225. The molecule has 3 amide bonds. The molecule has 0 unspecified atom stereocenters. The summed E-state index contributed by atoms with van der Waals surface area (Å²) in [4.78, 5) is 43.5. The molecule has 0 spiro atoms. The molecule has 1 N–H and O–H groups in total. The van der Waals surface area contributed by atoms with Gasteiger partial charge in [0, 0.05) is 53.4 Å². The number of carbonyl (C=O) groups is 3. The third-order valence-electron chi connectivity index (χ3n) is 6.75. The van der Waals surface area contributed by atoms with Gasteiger partial charge in [-0.05, 0) is 78.2 Å². The van der Waals surface area contributed by atoms with Crippen molar-refractivity contribution in [1.82, 2.24) is 4.90 Å². The smallest absolute Gasteiger partial charge is 0.255 e. The average molecular weight is 474 g/mol. The van der Waals surface area contributed by atoms with E-state index >= 15 is 0 Å². The molecule has 0 radical (unpaired) electrons. The Morgan fingerprint density at radius 1 is 1.03 bits per heavy atom. The topological polar surface area (TPSA) is 69.7 Å². The number of anilines is 2. The van der Waals surface area contributed by atoms with E-state index < -0.39 is 0 Å². The van der Waals surface area contributed by atoms with Crippen LogP contribution in [0.1, 0.15) is 55.6 Å². The lowest BCUT2D eigenvalue weighted by atomic mass is 10.0. The van der Waals surface area contributed by atoms with Crippen LogP contribution in [-0.4, -0.2) is 35.7 Å². The van der Waals surface area contributed by atoms with Gasteiger partial charge in [0.2, 0.25) is 5.91 Å². The van der Waals surface area contributed by atoms with Crippen LogP contribution in [0, 0.1) is 6.92 Å². The predicted octanol–water partition coefficient (Wildman–Crippen LogP) is 4.81. The van der Waals surface area contributed by atoms with E-state index in [1.54, 1.807) is 22.3 Å². The Bertz CT molecular complexity index is 1300. The molecule has 7 heteroatoms. The first kappa shape index (κ1) is 22.3.